The van der Waals surface area contributed by atoms with Gasteiger partial charge in [-0.15, -0.1) is 0 Å². The van der Waals surface area contributed by atoms with Crippen molar-refractivity contribution in [2.45, 2.75) is 437 Å². The molecule has 506 valence electrons. The molecule has 0 aliphatic carbocycles. The molecule has 2 unspecified atom stereocenters. The predicted octanol–water partition coefficient (Wildman–Crippen LogP) is 25.6. The van der Waals surface area contributed by atoms with Crippen LogP contribution in [-0.2, 0) is 14.3 Å². The van der Waals surface area contributed by atoms with E-state index in [0.717, 1.165) is 51.4 Å². The van der Waals surface area contributed by atoms with Gasteiger partial charge in [0.2, 0.25) is 5.91 Å². The van der Waals surface area contributed by atoms with Crippen molar-refractivity contribution < 1.29 is 24.5 Å². The number of unbranched alkanes of at least 4 members (excludes halogenated alkanes) is 56. The van der Waals surface area contributed by atoms with Crippen molar-refractivity contribution in [2.24, 2.45) is 0 Å². The molecular formula is C80H151NO5. The summed E-state index contributed by atoms with van der Waals surface area (Å²) in [4.78, 5) is 24.6. The number of amides is 1. The van der Waals surface area contributed by atoms with E-state index in [2.05, 4.69) is 55.6 Å². The molecule has 0 bridgehead atoms. The number of aliphatic hydroxyl groups excluding tert-OH is 2. The summed E-state index contributed by atoms with van der Waals surface area (Å²) in [7, 11) is 0. The maximum Gasteiger partial charge on any atom is 0.305 e. The Hall–Kier alpha value is -2.18. The lowest BCUT2D eigenvalue weighted by atomic mass is 10.0. The Balaban J connectivity index is 3.41. The molecule has 3 N–H and O–H groups in total. The number of carbonyl (C=O) groups is 2. The van der Waals surface area contributed by atoms with Crippen molar-refractivity contribution in [3.05, 3.63) is 48.6 Å². The van der Waals surface area contributed by atoms with Crippen molar-refractivity contribution in [1.29, 1.82) is 0 Å². The van der Waals surface area contributed by atoms with Crippen LogP contribution in [0.15, 0.2) is 48.6 Å². The molecular weight excluding hydrogens is 1050 g/mol. The first-order valence-electron chi connectivity index (χ1n) is 38.9. The molecule has 6 nitrogen and oxygen atoms in total. The fraction of sp³-hybridized carbons (Fsp3) is 0.875. The van der Waals surface area contributed by atoms with Crippen LogP contribution in [0.5, 0.6) is 0 Å². The normalized spacial score (nSPS) is 12.7. The minimum atomic E-state index is -0.847. The standard InChI is InChI=1S/C80H151NO5/c1-3-5-7-9-11-13-15-17-19-21-22-23-24-29-32-35-38-41-44-48-52-56-60-64-68-72-78(83)77(76-82)81-79(84)73-69-65-61-57-53-49-45-42-39-36-33-30-27-25-26-28-31-34-37-40-43-47-51-55-59-63-67-71-75-86-80(85)74-70-66-62-58-54-50-46-20-18-16-14-12-10-8-6-4-2/h14,16,20,25-26,46,68,72,77-78,82-83H,3-13,15,17-19,21-24,27-45,47-67,69-71,73-76H2,1-2H3,(H,81,84)/b16-14-,26-25-,46-20-,72-68+. The molecule has 0 saturated heterocycles. The van der Waals surface area contributed by atoms with Crippen LogP contribution in [0.25, 0.3) is 0 Å². The second-order valence-electron chi connectivity index (χ2n) is 26.7. The third-order valence-electron chi connectivity index (χ3n) is 18.1. The van der Waals surface area contributed by atoms with Gasteiger partial charge in [-0.2, -0.15) is 0 Å². The summed E-state index contributed by atoms with van der Waals surface area (Å²) in [6.45, 7) is 4.92. The Morgan fingerprint density at radius 2 is 0.581 bits per heavy atom. The Labute approximate surface area is 537 Å². The molecule has 2 atom stereocenters. The van der Waals surface area contributed by atoms with Crippen LogP contribution in [0, 0.1) is 0 Å². The van der Waals surface area contributed by atoms with E-state index in [4.69, 9.17) is 4.74 Å². The lowest BCUT2D eigenvalue weighted by molar-refractivity contribution is -0.143. The SMILES string of the molecule is CCCCCC/C=C\C/C=C\CCCCCCCC(=O)OCCCCCCCCCCCCCC/C=C\CCCCCCCCCCCCCCC(=O)NC(CO)C(O)/C=C/CCCCCCCCCCCCCCCCCCCCCCCCC. The molecule has 0 radical (unpaired) electrons. The van der Waals surface area contributed by atoms with Crippen LogP contribution in [0.2, 0.25) is 0 Å². The Morgan fingerprint density at radius 1 is 0.326 bits per heavy atom. The van der Waals surface area contributed by atoms with Crippen molar-refractivity contribution in [3.8, 4) is 0 Å². The number of hydrogen-bond acceptors (Lipinski definition) is 5. The second kappa shape index (κ2) is 75.3. The maximum absolute atomic E-state index is 12.6. The van der Waals surface area contributed by atoms with Crippen molar-refractivity contribution >= 4 is 11.9 Å². The Kier molecular flexibility index (Phi) is 73.4. The highest BCUT2D eigenvalue weighted by molar-refractivity contribution is 5.76. The topological polar surface area (TPSA) is 95.9 Å². The molecule has 86 heavy (non-hydrogen) atoms. The first-order chi connectivity index (χ1) is 42.5. The molecule has 0 aliphatic rings. The molecule has 0 aliphatic heterocycles. The number of esters is 1. The summed E-state index contributed by atoms with van der Waals surface area (Å²) in [5.41, 5.74) is 0. The monoisotopic (exact) mass is 1210 g/mol. The summed E-state index contributed by atoms with van der Waals surface area (Å²) < 4.78 is 5.49. The van der Waals surface area contributed by atoms with E-state index in [-0.39, 0.29) is 18.5 Å². The lowest BCUT2D eigenvalue weighted by Crippen LogP contribution is -2.45. The fourth-order valence-corrected chi connectivity index (χ4v) is 12.1. The summed E-state index contributed by atoms with van der Waals surface area (Å²) in [6, 6.07) is -0.630. The summed E-state index contributed by atoms with van der Waals surface area (Å²) >= 11 is 0. The third kappa shape index (κ3) is 70.9. The highest BCUT2D eigenvalue weighted by Gasteiger charge is 2.18. The fourth-order valence-electron chi connectivity index (χ4n) is 12.1. The van der Waals surface area contributed by atoms with Gasteiger partial charge in [0.05, 0.1) is 25.4 Å². The van der Waals surface area contributed by atoms with E-state index >= 15 is 0 Å². The number of aliphatic hydroxyl groups is 2. The first kappa shape index (κ1) is 83.8. The van der Waals surface area contributed by atoms with E-state index < -0.39 is 12.1 Å². The van der Waals surface area contributed by atoms with Crippen LogP contribution < -0.4 is 5.32 Å². The Morgan fingerprint density at radius 3 is 0.907 bits per heavy atom. The first-order valence-corrected chi connectivity index (χ1v) is 38.9. The van der Waals surface area contributed by atoms with Crippen molar-refractivity contribution in [2.75, 3.05) is 13.2 Å². The van der Waals surface area contributed by atoms with Crippen LogP contribution in [0.3, 0.4) is 0 Å². The van der Waals surface area contributed by atoms with Crippen LogP contribution in [0.4, 0.5) is 0 Å². The van der Waals surface area contributed by atoms with E-state index in [1.807, 2.05) is 6.08 Å². The molecule has 0 rings (SSSR count). The molecule has 0 aromatic carbocycles. The molecule has 0 fully saturated rings. The summed E-state index contributed by atoms with van der Waals surface area (Å²) in [6.07, 6.45) is 99.3. The van der Waals surface area contributed by atoms with Gasteiger partial charge in [-0.25, -0.2) is 0 Å². The number of carbonyl (C=O) groups excluding carboxylic acids is 2. The summed E-state index contributed by atoms with van der Waals surface area (Å²) in [5.74, 6) is -0.0611. The van der Waals surface area contributed by atoms with Gasteiger partial charge >= 0.3 is 5.97 Å². The van der Waals surface area contributed by atoms with Gasteiger partial charge in [-0.1, -0.05) is 371 Å². The van der Waals surface area contributed by atoms with Crippen molar-refractivity contribution in [1.82, 2.24) is 5.32 Å². The van der Waals surface area contributed by atoms with Gasteiger partial charge in [0.25, 0.3) is 0 Å². The zero-order valence-corrected chi connectivity index (χ0v) is 58.1. The Bertz CT molecular complexity index is 1440. The second-order valence-corrected chi connectivity index (χ2v) is 26.7. The molecule has 0 aromatic heterocycles. The molecule has 0 spiro atoms. The average Bonchev–Trinajstić information content (AvgIpc) is 3.53. The number of ether oxygens (including phenoxy) is 1. The maximum atomic E-state index is 12.6. The van der Waals surface area contributed by atoms with Crippen LogP contribution in [0.1, 0.15) is 425 Å². The van der Waals surface area contributed by atoms with Gasteiger partial charge in [0.1, 0.15) is 0 Å². The largest absolute Gasteiger partial charge is 0.466 e. The lowest BCUT2D eigenvalue weighted by Gasteiger charge is -2.20. The van der Waals surface area contributed by atoms with Gasteiger partial charge in [0, 0.05) is 12.8 Å². The van der Waals surface area contributed by atoms with E-state index in [0.29, 0.717) is 19.4 Å². The van der Waals surface area contributed by atoms with Gasteiger partial charge in [0.15, 0.2) is 0 Å². The zero-order chi connectivity index (χ0) is 62.0. The highest BCUT2D eigenvalue weighted by atomic mass is 16.5. The predicted molar refractivity (Wildman–Crippen MR) is 379 cm³/mol. The average molecular weight is 1210 g/mol. The minimum absolute atomic E-state index is 0.00247. The van der Waals surface area contributed by atoms with Crippen LogP contribution in [-0.4, -0.2) is 47.4 Å². The minimum Gasteiger partial charge on any atom is -0.466 e. The quantitative estimate of drug-likeness (QED) is 0.0320. The molecule has 0 heterocycles. The van der Waals surface area contributed by atoms with Crippen LogP contribution >= 0.6 is 0 Å². The van der Waals surface area contributed by atoms with Gasteiger partial charge in [-0.3, -0.25) is 9.59 Å². The zero-order valence-electron chi connectivity index (χ0n) is 58.1. The summed E-state index contributed by atoms with van der Waals surface area (Å²) in [5, 5.41) is 23.3. The van der Waals surface area contributed by atoms with E-state index in [9.17, 15) is 19.8 Å². The molecule has 6 heteroatoms. The van der Waals surface area contributed by atoms with Crippen molar-refractivity contribution in [3.63, 3.8) is 0 Å². The third-order valence-corrected chi connectivity index (χ3v) is 18.1. The number of nitrogens with one attached hydrogen (secondary N) is 1. The number of rotatable bonds is 73. The van der Waals surface area contributed by atoms with Gasteiger partial charge < -0.3 is 20.3 Å². The molecule has 0 aromatic rings. The van der Waals surface area contributed by atoms with Gasteiger partial charge in [-0.05, 0) is 89.9 Å². The number of hydrogen-bond donors (Lipinski definition) is 3. The van der Waals surface area contributed by atoms with E-state index in [1.54, 1.807) is 6.08 Å². The van der Waals surface area contributed by atoms with E-state index in [1.165, 1.54) is 347 Å². The smallest absolute Gasteiger partial charge is 0.305 e. The molecule has 0 saturated carbocycles. The molecule has 1 amide bonds. The number of allylic oxidation sites excluding steroid dienone is 7. The highest BCUT2D eigenvalue weighted by Crippen LogP contribution is 2.19.